The van der Waals surface area contributed by atoms with Crippen LogP contribution in [0.1, 0.15) is 5.56 Å². The highest BCUT2D eigenvalue weighted by Crippen LogP contribution is 2.16. The highest BCUT2D eigenvalue weighted by atomic mass is 19.4. The molecule has 1 N–H and O–H groups in total. The van der Waals surface area contributed by atoms with Crippen LogP contribution >= 0.6 is 0 Å². The number of hydrogen-bond acceptors (Lipinski definition) is 2. The van der Waals surface area contributed by atoms with E-state index >= 15 is 0 Å². The van der Waals surface area contributed by atoms with Crippen LogP contribution < -0.4 is 5.32 Å². The van der Waals surface area contributed by atoms with Gasteiger partial charge in [-0.05, 0) is 5.56 Å². The molecule has 0 aliphatic rings. The third-order valence-corrected chi connectivity index (χ3v) is 1.57. The summed E-state index contributed by atoms with van der Waals surface area (Å²) in [7, 11) is 0. The average molecular weight is 232 g/mol. The van der Waals surface area contributed by atoms with Gasteiger partial charge in [0.1, 0.15) is 6.61 Å². The van der Waals surface area contributed by atoms with Gasteiger partial charge in [0.15, 0.2) is 6.54 Å². The minimum atomic E-state index is -4.55. The number of carbonyl (C=O) groups excluding carboxylic acids is 1. The molecule has 1 amide bonds. The molecule has 0 aliphatic heterocycles. The fraction of sp³-hybridized carbons (Fsp3) is 0.200. The number of hydrogen-bond donors (Lipinski definition) is 1. The Hall–Kier alpha value is -1.72. The van der Waals surface area contributed by atoms with Crippen LogP contribution in [-0.4, -0.2) is 12.3 Å². The van der Waals surface area contributed by atoms with Crippen molar-refractivity contribution in [2.24, 2.45) is 0 Å². The maximum Gasteiger partial charge on any atom is 0.411 e. The number of rotatable bonds is 3. The summed E-state index contributed by atoms with van der Waals surface area (Å²) in [5, 5.41) is 1.48. The zero-order chi connectivity index (χ0) is 12.0. The lowest BCUT2D eigenvalue weighted by molar-refractivity contribution is -0.101. The molecule has 0 fully saturated rings. The lowest BCUT2D eigenvalue weighted by atomic mass is 10.2. The number of carbonyl (C=O) groups is 1. The van der Waals surface area contributed by atoms with E-state index in [1.807, 2.05) is 0 Å². The molecule has 0 saturated carbocycles. The number of halogens is 3. The summed E-state index contributed by atoms with van der Waals surface area (Å²) in [6.07, 6.45) is -5.69. The molecule has 0 spiro atoms. The Morgan fingerprint density at radius 2 is 1.94 bits per heavy atom. The van der Waals surface area contributed by atoms with Gasteiger partial charge in [-0.1, -0.05) is 30.3 Å². The van der Waals surface area contributed by atoms with E-state index in [2.05, 4.69) is 4.74 Å². The van der Waals surface area contributed by atoms with Gasteiger partial charge >= 0.3 is 12.3 Å². The van der Waals surface area contributed by atoms with Crippen LogP contribution in [0, 0.1) is 6.54 Å². The first-order valence-corrected chi connectivity index (χ1v) is 4.36. The van der Waals surface area contributed by atoms with Crippen molar-refractivity contribution < 1.29 is 22.7 Å². The highest BCUT2D eigenvalue weighted by molar-refractivity contribution is 5.68. The first-order chi connectivity index (χ1) is 7.47. The van der Waals surface area contributed by atoms with Crippen LogP contribution in [0.2, 0.25) is 0 Å². The molecule has 3 nitrogen and oxygen atoms in total. The van der Waals surface area contributed by atoms with Gasteiger partial charge in [0, 0.05) is 0 Å². The van der Waals surface area contributed by atoms with E-state index in [0.29, 0.717) is 5.56 Å². The summed E-state index contributed by atoms with van der Waals surface area (Å²) in [6, 6.07) is 8.64. The quantitative estimate of drug-likeness (QED) is 0.869. The third-order valence-electron chi connectivity index (χ3n) is 1.57. The average Bonchev–Trinajstić information content (AvgIpc) is 2.24. The zero-order valence-corrected chi connectivity index (χ0v) is 8.12. The first-order valence-electron chi connectivity index (χ1n) is 4.36. The SMILES string of the molecule is O=C(N[CH]C(F)(F)F)OCc1ccccc1. The summed E-state index contributed by atoms with van der Waals surface area (Å²) >= 11 is 0. The second-order valence-electron chi connectivity index (χ2n) is 2.89. The fourth-order valence-corrected chi connectivity index (χ4v) is 0.906. The van der Waals surface area contributed by atoms with E-state index in [9.17, 15) is 18.0 Å². The van der Waals surface area contributed by atoms with Gasteiger partial charge in [-0.3, -0.25) is 0 Å². The van der Waals surface area contributed by atoms with Gasteiger partial charge < -0.3 is 10.1 Å². The molecule has 16 heavy (non-hydrogen) atoms. The van der Waals surface area contributed by atoms with Crippen LogP contribution in [0.5, 0.6) is 0 Å². The van der Waals surface area contributed by atoms with E-state index in [-0.39, 0.29) is 13.2 Å². The summed E-state index contributed by atoms with van der Waals surface area (Å²) in [5.41, 5.74) is 0.699. The molecule has 1 rings (SSSR count). The highest BCUT2D eigenvalue weighted by Gasteiger charge is 2.28. The van der Waals surface area contributed by atoms with Gasteiger partial charge in [-0.2, -0.15) is 13.2 Å². The summed E-state index contributed by atoms with van der Waals surface area (Å²) < 4.78 is 39.5. The molecule has 0 saturated heterocycles. The van der Waals surface area contributed by atoms with Crippen LogP contribution in [0.3, 0.4) is 0 Å². The van der Waals surface area contributed by atoms with E-state index in [1.165, 1.54) is 5.32 Å². The zero-order valence-electron chi connectivity index (χ0n) is 8.12. The normalized spacial score (nSPS) is 10.9. The van der Waals surface area contributed by atoms with E-state index < -0.39 is 12.3 Å². The molecule has 1 aromatic carbocycles. The van der Waals surface area contributed by atoms with Gasteiger partial charge in [0.2, 0.25) is 0 Å². The smallest absolute Gasteiger partial charge is 0.411 e. The lowest BCUT2D eigenvalue weighted by Crippen LogP contribution is -2.28. The second kappa shape index (κ2) is 5.39. The van der Waals surface area contributed by atoms with Gasteiger partial charge in [0.05, 0.1) is 0 Å². The van der Waals surface area contributed by atoms with E-state index in [4.69, 9.17) is 0 Å². The van der Waals surface area contributed by atoms with Crippen molar-refractivity contribution in [1.29, 1.82) is 0 Å². The molecule has 87 valence electrons. The Morgan fingerprint density at radius 3 is 2.50 bits per heavy atom. The molecule has 0 aliphatic carbocycles. The Labute approximate surface area is 90.2 Å². The largest absolute Gasteiger partial charge is 0.445 e. The standard InChI is InChI=1S/C10H9F3NO2/c11-10(12,13)7-14-9(15)16-6-8-4-2-1-3-5-8/h1-5,7H,6H2,(H,14,15). The van der Waals surface area contributed by atoms with Crippen LogP contribution in [0.4, 0.5) is 18.0 Å². The monoisotopic (exact) mass is 232 g/mol. The molecule has 0 unspecified atom stereocenters. The van der Waals surface area contributed by atoms with Crippen LogP contribution in [0.15, 0.2) is 30.3 Å². The fourth-order valence-electron chi connectivity index (χ4n) is 0.906. The van der Waals surface area contributed by atoms with Crippen molar-refractivity contribution in [2.75, 3.05) is 0 Å². The van der Waals surface area contributed by atoms with E-state index in [1.54, 1.807) is 30.3 Å². The molecule has 0 atom stereocenters. The second-order valence-corrected chi connectivity index (χ2v) is 2.89. The van der Waals surface area contributed by atoms with Crippen molar-refractivity contribution in [3.63, 3.8) is 0 Å². The minimum Gasteiger partial charge on any atom is -0.445 e. The Bertz CT molecular complexity index is 338. The van der Waals surface area contributed by atoms with Crippen molar-refractivity contribution in [1.82, 2.24) is 5.32 Å². The summed E-state index contributed by atoms with van der Waals surface area (Å²) in [6.45, 7) is -0.349. The van der Waals surface area contributed by atoms with Gasteiger partial charge in [-0.15, -0.1) is 0 Å². The number of alkyl carbamates (subject to hydrolysis) is 1. The van der Waals surface area contributed by atoms with Gasteiger partial charge in [-0.25, -0.2) is 4.79 Å². The molecule has 6 heteroatoms. The third kappa shape index (κ3) is 5.23. The molecule has 1 aromatic rings. The van der Waals surface area contributed by atoms with Crippen LogP contribution in [0.25, 0.3) is 0 Å². The van der Waals surface area contributed by atoms with Crippen molar-refractivity contribution in [3.8, 4) is 0 Å². The Morgan fingerprint density at radius 1 is 1.31 bits per heavy atom. The Balaban J connectivity index is 2.26. The maximum absolute atomic E-state index is 11.7. The molecule has 0 heterocycles. The molecular formula is C10H9F3NO2. The van der Waals surface area contributed by atoms with Crippen molar-refractivity contribution in [3.05, 3.63) is 42.4 Å². The number of alkyl halides is 3. The number of nitrogens with one attached hydrogen (secondary N) is 1. The van der Waals surface area contributed by atoms with E-state index in [0.717, 1.165) is 0 Å². The Kier molecular flexibility index (Phi) is 4.16. The number of benzene rings is 1. The number of ether oxygens (including phenoxy) is 1. The minimum absolute atomic E-state index is 0.0711. The van der Waals surface area contributed by atoms with Gasteiger partial charge in [0.25, 0.3) is 0 Å². The predicted octanol–water partition coefficient (Wildman–Crippen LogP) is 2.64. The number of amides is 1. The summed E-state index contributed by atoms with van der Waals surface area (Å²) in [5.74, 6) is 0. The summed E-state index contributed by atoms with van der Waals surface area (Å²) in [4.78, 5) is 10.8. The van der Waals surface area contributed by atoms with Crippen LogP contribution in [-0.2, 0) is 11.3 Å². The molecule has 1 radical (unpaired) electrons. The molecule has 0 aromatic heterocycles. The lowest BCUT2D eigenvalue weighted by Gasteiger charge is -2.08. The maximum atomic E-state index is 11.7. The topological polar surface area (TPSA) is 38.3 Å². The first kappa shape index (κ1) is 12.4. The van der Waals surface area contributed by atoms with Crippen molar-refractivity contribution >= 4 is 6.09 Å². The molecule has 0 bridgehead atoms. The predicted molar refractivity (Wildman–Crippen MR) is 50.1 cm³/mol. The van der Waals surface area contributed by atoms with Crippen molar-refractivity contribution in [2.45, 2.75) is 12.8 Å². The molecular weight excluding hydrogens is 223 g/mol.